The Hall–Kier alpha value is -4.14. The lowest BCUT2D eigenvalue weighted by Crippen LogP contribution is -2.55. The number of rotatable bonds is 12. The first-order valence-electron chi connectivity index (χ1n) is 15.7. The van der Waals surface area contributed by atoms with Crippen molar-refractivity contribution < 1.29 is 18.0 Å². The molecule has 0 spiro atoms. The summed E-state index contributed by atoms with van der Waals surface area (Å²) < 4.78 is 29.5. The second-order valence-corrected chi connectivity index (χ2v) is 14.0. The summed E-state index contributed by atoms with van der Waals surface area (Å²) in [5.74, 6) is -0.771. The Kier molecular flexibility index (Phi) is 11.1. The van der Waals surface area contributed by atoms with E-state index in [-0.39, 0.29) is 29.8 Å². The number of aryl methyl sites for hydroxylation is 1. The number of hydrogen-bond donors (Lipinski definition) is 1. The van der Waals surface area contributed by atoms with E-state index in [1.165, 1.54) is 17.0 Å². The first-order chi connectivity index (χ1) is 22.2. The van der Waals surface area contributed by atoms with Crippen LogP contribution in [-0.4, -0.2) is 43.8 Å². The van der Waals surface area contributed by atoms with E-state index in [4.69, 9.17) is 11.6 Å². The van der Waals surface area contributed by atoms with E-state index in [0.717, 1.165) is 42.0 Å². The topological polar surface area (TPSA) is 86.8 Å². The Morgan fingerprint density at radius 2 is 1.43 bits per heavy atom. The number of nitrogens with zero attached hydrogens (tertiary/aromatic N) is 2. The highest BCUT2D eigenvalue weighted by Gasteiger charge is 2.36. The van der Waals surface area contributed by atoms with Gasteiger partial charge in [0.05, 0.1) is 10.6 Å². The molecule has 240 valence electrons. The van der Waals surface area contributed by atoms with Crippen LogP contribution in [0.5, 0.6) is 0 Å². The molecule has 0 aromatic heterocycles. The highest BCUT2D eigenvalue weighted by molar-refractivity contribution is 7.92. The maximum Gasteiger partial charge on any atom is 0.264 e. The van der Waals surface area contributed by atoms with Crippen LogP contribution in [0.3, 0.4) is 0 Å². The molecule has 0 aliphatic heterocycles. The van der Waals surface area contributed by atoms with Gasteiger partial charge in [-0.3, -0.25) is 13.9 Å². The van der Waals surface area contributed by atoms with Crippen molar-refractivity contribution in [3.8, 4) is 0 Å². The van der Waals surface area contributed by atoms with Gasteiger partial charge < -0.3 is 10.2 Å². The van der Waals surface area contributed by atoms with E-state index in [9.17, 15) is 18.0 Å². The highest BCUT2D eigenvalue weighted by atomic mass is 35.5. The van der Waals surface area contributed by atoms with Crippen LogP contribution < -0.4 is 9.62 Å². The van der Waals surface area contributed by atoms with Gasteiger partial charge in [-0.1, -0.05) is 116 Å². The molecule has 1 atom stereocenters. The number of sulfonamides is 1. The molecule has 7 nitrogen and oxygen atoms in total. The number of hydrogen-bond acceptors (Lipinski definition) is 4. The van der Waals surface area contributed by atoms with Crippen LogP contribution in [0.4, 0.5) is 5.69 Å². The molecule has 46 heavy (non-hydrogen) atoms. The van der Waals surface area contributed by atoms with E-state index in [1.807, 2.05) is 67.6 Å². The van der Waals surface area contributed by atoms with Crippen LogP contribution in [-0.2, 0) is 32.6 Å². The molecule has 2 amide bonds. The molecule has 0 heterocycles. The van der Waals surface area contributed by atoms with Crippen LogP contribution in [0, 0.1) is 6.92 Å². The van der Waals surface area contributed by atoms with E-state index < -0.39 is 28.5 Å². The summed E-state index contributed by atoms with van der Waals surface area (Å²) in [5.41, 5.74) is 2.64. The van der Waals surface area contributed by atoms with Crippen LogP contribution in [0.15, 0.2) is 114 Å². The standard InChI is InChI=1S/C37H40ClN3O4S/c1-28-15-11-14-24-34(28)41(46(44,45)32-21-9-4-10-22-32)27-36(42)40(26-30-18-12-13-23-33(30)38)35(25-29-16-5-2-6-17-29)37(43)39-31-19-7-3-8-20-31/h2,4-6,9-18,21-24,31,35H,3,7-8,19-20,25-27H2,1H3,(H,39,43)/t35-/m0/s1. The maximum atomic E-state index is 14.7. The number of nitrogens with one attached hydrogen (secondary N) is 1. The summed E-state index contributed by atoms with van der Waals surface area (Å²) in [5, 5.41) is 3.69. The summed E-state index contributed by atoms with van der Waals surface area (Å²) in [7, 11) is -4.15. The predicted molar refractivity (Wildman–Crippen MR) is 183 cm³/mol. The van der Waals surface area contributed by atoms with E-state index in [0.29, 0.717) is 21.8 Å². The van der Waals surface area contributed by atoms with E-state index in [2.05, 4.69) is 5.32 Å². The zero-order valence-corrected chi connectivity index (χ0v) is 27.6. The second kappa shape index (κ2) is 15.4. The number of carbonyl (C=O) groups excluding carboxylic acids is 2. The first kappa shape index (κ1) is 33.2. The SMILES string of the molecule is Cc1ccccc1N(CC(=O)N(Cc1ccccc1Cl)[C@@H](Cc1ccccc1)C(=O)NC1CCCCC1)S(=O)(=O)c1ccccc1. The van der Waals surface area contributed by atoms with Gasteiger partial charge in [0, 0.05) is 24.0 Å². The van der Waals surface area contributed by atoms with Gasteiger partial charge in [-0.2, -0.15) is 0 Å². The summed E-state index contributed by atoms with van der Waals surface area (Å²) >= 11 is 6.60. The molecule has 0 unspecified atom stereocenters. The fourth-order valence-electron chi connectivity index (χ4n) is 5.98. The minimum absolute atomic E-state index is 0.0266. The van der Waals surface area contributed by atoms with Crippen molar-refractivity contribution in [1.82, 2.24) is 10.2 Å². The van der Waals surface area contributed by atoms with Gasteiger partial charge in [0.2, 0.25) is 11.8 Å². The molecule has 4 aromatic carbocycles. The van der Waals surface area contributed by atoms with Gasteiger partial charge in [-0.05, 0) is 60.7 Å². The number of para-hydroxylation sites is 1. The Morgan fingerprint density at radius 1 is 0.826 bits per heavy atom. The number of benzene rings is 4. The third-order valence-corrected chi connectivity index (χ3v) is 10.7. The van der Waals surface area contributed by atoms with Gasteiger partial charge in [-0.25, -0.2) is 8.42 Å². The Balaban J connectivity index is 1.57. The van der Waals surface area contributed by atoms with Crippen LogP contribution in [0.1, 0.15) is 48.8 Å². The van der Waals surface area contributed by atoms with Gasteiger partial charge >= 0.3 is 0 Å². The molecule has 1 fully saturated rings. The molecule has 0 radical (unpaired) electrons. The van der Waals surface area contributed by atoms with Crippen molar-refractivity contribution in [3.05, 3.63) is 131 Å². The molecule has 0 bridgehead atoms. The lowest BCUT2D eigenvalue weighted by atomic mass is 9.94. The quantitative estimate of drug-likeness (QED) is 0.179. The largest absolute Gasteiger partial charge is 0.352 e. The van der Waals surface area contributed by atoms with Crippen LogP contribution in [0.2, 0.25) is 5.02 Å². The molecule has 1 N–H and O–H groups in total. The van der Waals surface area contributed by atoms with Gasteiger partial charge in [-0.15, -0.1) is 0 Å². The second-order valence-electron chi connectivity index (χ2n) is 11.8. The van der Waals surface area contributed by atoms with Crippen LogP contribution >= 0.6 is 11.6 Å². The minimum Gasteiger partial charge on any atom is -0.352 e. The molecular weight excluding hydrogens is 618 g/mol. The van der Waals surface area contributed by atoms with Crippen molar-refractivity contribution >= 4 is 39.1 Å². The lowest BCUT2D eigenvalue weighted by Gasteiger charge is -2.35. The Morgan fingerprint density at radius 3 is 2.11 bits per heavy atom. The monoisotopic (exact) mass is 657 g/mol. The van der Waals surface area contributed by atoms with Crippen molar-refractivity contribution in [3.63, 3.8) is 0 Å². The van der Waals surface area contributed by atoms with Gasteiger partial charge in [0.15, 0.2) is 0 Å². The molecular formula is C37H40ClN3O4S. The number of anilines is 1. The lowest BCUT2D eigenvalue weighted by molar-refractivity contribution is -0.140. The van der Waals surface area contributed by atoms with E-state index >= 15 is 0 Å². The summed E-state index contributed by atoms with van der Waals surface area (Å²) in [6.45, 7) is 1.33. The predicted octanol–water partition coefficient (Wildman–Crippen LogP) is 6.93. The number of amides is 2. The summed E-state index contributed by atoms with van der Waals surface area (Å²) in [4.78, 5) is 30.4. The fourth-order valence-corrected chi connectivity index (χ4v) is 7.68. The zero-order chi connectivity index (χ0) is 32.5. The highest BCUT2D eigenvalue weighted by Crippen LogP contribution is 2.28. The third-order valence-electron chi connectivity index (χ3n) is 8.52. The van der Waals surface area contributed by atoms with Gasteiger partial charge in [0.1, 0.15) is 12.6 Å². The molecule has 5 rings (SSSR count). The maximum absolute atomic E-state index is 14.7. The normalized spacial score (nSPS) is 14.3. The molecule has 9 heteroatoms. The van der Waals surface area contributed by atoms with Crippen molar-refractivity contribution in [2.75, 3.05) is 10.8 Å². The van der Waals surface area contributed by atoms with Gasteiger partial charge in [0.25, 0.3) is 10.0 Å². The molecule has 1 aliphatic rings. The van der Waals surface area contributed by atoms with Crippen molar-refractivity contribution in [2.24, 2.45) is 0 Å². The van der Waals surface area contributed by atoms with E-state index in [1.54, 1.807) is 36.4 Å². The Labute approximate surface area is 277 Å². The van der Waals surface area contributed by atoms with Crippen LogP contribution in [0.25, 0.3) is 0 Å². The minimum atomic E-state index is -4.15. The number of halogens is 1. The molecule has 4 aromatic rings. The fraction of sp³-hybridized carbons (Fsp3) is 0.297. The smallest absolute Gasteiger partial charge is 0.264 e. The summed E-state index contributed by atoms with van der Waals surface area (Å²) in [6.07, 6.45) is 5.25. The van der Waals surface area contributed by atoms with Crippen molar-refractivity contribution in [2.45, 2.75) is 69.0 Å². The van der Waals surface area contributed by atoms with Crippen molar-refractivity contribution in [1.29, 1.82) is 0 Å². The molecule has 1 aliphatic carbocycles. The average molecular weight is 658 g/mol. The molecule has 1 saturated carbocycles. The average Bonchev–Trinajstić information content (AvgIpc) is 3.07. The Bertz CT molecular complexity index is 1730. The molecule has 0 saturated heterocycles. The summed E-state index contributed by atoms with van der Waals surface area (Å²) in [6, 6.07) is 31.0. The zero-order valence-electron chi connectivity index (χ0n) is 26.0. The first-order valence-corrected chi connectivity index (χ1v) is 17.6. The third kappa shape index (κ3) is 8.17. The number of carbonyl (C=O) groups is 2.